The van der Waals surface area contributed by atoms with Gasteiger partial charge in [-0.1, -0.05) is 25.3 Å². The zero-order chi connectivity index (χ0) is 22.9. The highest BCUT2D eigenvalue weighted by Crippen LogP contribution is 2.29. The summed E-state index contributed by atoms with van der Waals surface area (Å²) in [5, 5.41) is 0. The van der Waals surface area contributed by atoms with Crippen LogP contribution in [0.15, 0.2) is 36.5 Å². The van der Waals surface area contributed by atoms with Gasteiger partial charge < -0.3 is 15.2 Å². The number of morpholine rings is 1. The maximum atomic E-state index is 11.2. The summed E-state index contributed by atoms with van der Waals surface area (Å²) < 4.78 is 11.4. The molecule has 1 aromatic heterocycles. The van der Waals surface area contributed by atoms with Crippen LogP contribution in [0.4, 0.5) is 0 Å². The molecule has 6 nitrogen and oxygen atoms in total. The molecule has 1 aliphatic heterocycles. The predicted molar refractivity (Wildman–Crippen MR) is 130 cm³/mol. The molecule has 1 amide bonds. The van der Waals surface area contributed by atoms with Crippen LogP contribution in [0.3, 0.4) is 0 Å². The number of primary amides is 1. The lowest BCUT2D eigenvalue weighted by Crippen LogP contribution is -2.36. The Bertz CT molecular complexity index is 894. The molecule has 178 valence electrons. The molecular weight excluding hydrogens is 414 g/mol. The third-order valence-electron chi connectivity index (χ3n) is 6.98. The van der Waals surface area contributed by atoms with E-state index in [0.29, 0.717) is 11.4 Å². The molecule has 1 atom stereocenters. The van der Waals surface area contributed by atoms with E-state index in [9.17, 15) is 4.79 Å². The van der Waals surface area contributed by atoms with Crippen LogP contribution in [0.25, 0.3) is 0 Å². The van der Waals surface area contributed by atoms with Crippen molar-refractivity contribution in [2.45, 2.75) is 57.8 Å². The molecule has 0 radical (unpaired) electrons. The molecule has 0 spiro atoms. The molecule has 2 heterocycles. The van der Waals surface area contributed by atoms with Crippen LogP contribution in [-0.4, -0.2) is 48.6 Å². The lowest BCUT2D eigenvalue weighted by molar-refractivity contribution is 0.0365. The normalized spacial score (nSPS) is 20.1. The highest BCUT2D eigenvalue weighted by Gasteiger charge is 2.15. The smallest absolute Gasteiger partial charge is 0.250 e. The van der Waals surface area contributed by atoms with Crippen molar-refractivity contribution in [2.75, 3.05) is 32.8 Å². The van der Waals surface area contributed by atoms with Gasteiger partial charge in [0.05, 0.1) is 18.8 Å². The lowest BCUT2D eigenvalue weighted by atomic mass is 9.87. The minimum atomic E-state index is -0.485. The number of amides is 1. The number of nitrogens with two attached hydrogens (primary N) is 1. The molecule has 1 unspecified atom stereocenters. The third kappa shape index (κ3) is 7.27. The van der Waals surface area contributed by atoms with Crippen LogP contribution in [0.5, 0.6) is 11.6 Å². The number of aromatic nitrogens is 1. The van der Waals surface area contributed by atoms with E-state index in [4.69, 9.17) is 15.2 Å². The molecule has 6 heteroatoms. The van der Waals surface area contributed by atoms with E-state index in [0.717, 1.165) is 50.8 Å². The van der Waals surface area contributed by atoms with Gasteiger partial charge in [0.2, 0.25) is 11.8 Å². The van der Waals surface area contributed by atoms with Crippen molar-refractivity contribution in [1.82, 2.24) is 9.88 Å². The first kappa shape index (κ1) is 23.7. The molecular formula is C27H37N3O3. The number of fused-ring (bicyclic) bond motifs is 1. The van der Waals surface area contributed by atoms with Crippen molar-refractivity contribution < 1.29 is 14.3 Å². The Kier molecular flexibility index (Phi) is 8.72. The minimum Gasteiger partial charge on any atom is -0.439 e. The van der Waals surface area contributed by atoms with Gasteiger partial charge >= 0.3 is 0 Å². The quantitative estimate of drug-likeness (QED) is 0.657. The van der Waals surface area contributed by atoms with Gasteiger partial charge in [-0.05, 0) is 80.3 Å². The van der Waals surface area contributed by atoms with Gasteiger partial charge in [0.1, 0.15) is 5.75 Å². The third-order valence-corrected chi connectivity index (χ3v) is 6.98. The second kappa shape index (κ2) is 12.1. The molecule has 33 heavy (non-hydrogen) atoms. The number of carbonyl (C=O) groups is 1. The van der Waals surface area contributed by atoms with E-state index >= 15 is 0 Å². The molecule has 0 bridgehead atoms. The Hall–Kier alpha value is -2.44. The van der Waals surface area contributed by atoms with E-state index in [1.165, 1.54) is 68.8 Å². The van der Waals surface area contributed by atoms with Crippen molar-refractivity contribution in [3.63, 3.8) is 0 Å². The van der Waals surface area contributed by atoms with Gasteiger partial charge in [-0.3, -0.25) is 9.69 Å². The van der Waals surface area contributed by atoms with Gasteiger partial charge in [-0.15, -0.1) is 0 Å². The highest BCUT2D eigenvalue weighted by molar-refractivity contribution is 5.92. The second-order valence-corrected chi connectivity index (χ2v) is 9.38. The van der Waals surface area contributed by atoms with Crippen LogP contribution >= 0.6 is 0 Å². The Morgan fingerprint density at radius 2 is 1.88 bits per heavy atom. The number of aryl methyl sites for hydroxylation is 2. The first-order valence-corrected chi connectivity index (χ1v) is 12.5. The molecule has 4 rings (SSSR count). The summed E-state index contributed by atoms with van der Waals surface area (Å²) in [5.41, 5.74) is 8.51. The Labute approximate surface area is 197 Å². The van der Waals surface area contributed by atoms with Crippen molar-refractivity contribution in [2.24, 2.45) is 11.7 Å². The van der Waals surface area contributed by atoms with Gasteiger partial charge in [-0.25, -0.2) is 4.98 Å². The van der Waals surface area contributed by atoms with E-state index < -0.39 is 5.91 Å². The fourth-order valence-corrected chi connectivity index (χ4v) is 5.04. The first-order valence-electron chi connectivity index (χ1n) is 12.5. The van der Waals surface area contributed by atoms with E-state index in [1.807, 2.05) is 6.07 Å². The number of nitrogens with zero attached hydrogens (tertiary/aromatic N) is 2. The standard InChI is InChI=1S/C27H37N3O3/c28-27(31)24-11-13-26(29-20-24)33-25-12-10-22-9-3-6-21(5-1-2-8-23(22)19-25)7-4-14-30-15-17-32-18-16-30/h10-13,19-21H,1-9,14-18H2,(H2,28,31). The van der Waals surface area contributed by atoms with Crippen LogP contribution in [-0.2, 0) is 17.6 Å². The Morgan fingerprint density at radius 3 is 2.67 bits per heavy atom. The monoisotopic (exact) mass is 451 g/mol. The zero-order valence-electron chi connectivity index (χ0n) is 19.6. The maximum Gasteiger partial charge on any atom is 0.250 e. The number of hydrogen-bond donors (Lipinski definition) is 1. The molecule has 1 saturated heterocycles. The summed E-state index contributed by atoms with van der Waals surface area (Å²) >= 11 is 0. The number of benzene rings is 1. The molecule has 1 aliphatic carbocycles. The summed E-state index contributed by atoms with van der Waals surface area (Å²) in [4.78, 5) is 18.0. The van der Waals surface area contributed by atoms with Crippen molar-refractivity contribution in [1.29, 1.82) is 0 Å². The highest BCUT2D eigenvalue weighted by atomic mass is 16.5. The lowest BCUT2D eigenvalue weighted by Gasteiger charge is -2.27. The van der Waals surface area contributed by atoms with E-state index in [2.05, 4.69) is 22.0 Å². The van der Waals surface area contributed by atoms with Crippen LogP contribution in [0, 0.1) is 5.92 Å². The first-order chi connectivity index (χ1) is 16.2. The summed E-state index contributed by atoms with van der Waals surface area (Å²) in [6, 6.07) is 9.75. The Balaban J connectivity index is 1.29. The van der Waals surface area contributed by atoms with Crippen molar-refractivity contribution in [3.05, 3.63) is 53.2 Å². The van der Waals surface area contributed by atoms with Crippen LogP contribution in [0.2, 0.25) is 0 Å². The van der Waals surface area contributed by atoms with Crippen molar-refractivity contribution >= 4 is 5.91 Å². The average molecular weight is 452 g/mol. The molecule has 2 N–H and O–H groups in total. The van der Waals surface area contributed by atoms with E-state index in [-0.39, 0.29) is 0 Å². The minimum absolute atomic E-state index is 0.382. The predicted octanol–water partition coefficient (Wildman–Crippen LogP) is 4.75. The molecule has 0 saturated carbocycles. The zero-order valence-corrected chi connectivity index (χ0v) is 19.6. The topological polar surface area (TPSA) is 77.7 Å². The van der Waals surface area contributed by atoms with E-state index in [1.54, 1.807) is 12.1 Å². The molecule has 2 aromatic rings. The van der Waals surface area contributed by atoms with Crippen LogP contribution < -0.4 is 10.5 Å². The van der Waals surface area contributed by atoms with Gasteiger partial charge in [0, 0.05) is 25.4 Å². The fraction of sp³-hybridized carbons (Fsp3) is 0.556. The molecule has 1 fully saturated rings. The molecule has 1 aromatic carbocycles. The average Bonchev–Trinajstić information content (AvgIpc) is 2.83. The number of hydrogen-bond acceptors (Lipinski definition) is 5. The summed E-state index contributed by atoms with van der Waals surface area (Å²) in [6.45, 7) is 5.22. The van der Waals surface area contributed by atoms with Gasteiger partial charge in [0.25, 0.3) is 0 Å². The SMILES string of the molecule is NC(=O)c1ccc(Oc2ccc3c(c2)CCCCC(CCCN2CCOCC2)CCC3)nc1. The van der Waals surface area contributed by atoms with Gasteiger partial charge in [-0.2, -0.15) is 0 Å². The maximum absolute atomic E-state index is 11.2. The second-order valence-electron chi connectivity index (χ2n) is 9.38. The summed E-state index contributed by atoms with van der Waals surface area (Å²) in [7, 11) is 0. The Morgan fingerprint density at radius 1 is 1.06 bits per heavy atom. The molecule has 2 aliphatic rings. The fourth-order valence-electron chi connectivity index (χ4n) is 5.04. The van der Waals surface area contributed by atoms with Crippen LogP contribution in [0.1, 0.15) is 66.4 Å². The number of carbonyl (C=O) groups excluding carboxylic acids is 1. The number of ether oxygens (including phenoxy) is 2. The summed E-state index contributed by atoms with van der Waals surface area (Å²) in [5.74, 6) is 1.65. The largest absolute Gasteiger partial charge is 0.439 e. The number of rotatable bonds is 7. The van der Waals surface area contributed by atoms with Gasteiger partial charge in [0.15, 0.2) is 0 Å². The van der Waals surface area contributed by atoms with Crippen molar-refractivity contribution in [3.8, 4) is 11.6 Å². The number of pyridine rings is 1. The summed E-state index contributed by atoms with van der Waals surface area (Å²) in [6.07, 6.45) is 12.8.